The summed E-state index contributed by atoms with van der Waals surface area (Å²) < 4.78 is 0. The minimum absolute atomic E-state index is 0.167. The van der Waals surface area contributed by atoms with E-state index >= 15 is 0 Å². The molecular formula is C14H20N2O3. The largest absolute Gasteiger partial charge is 0.465 e. The Kier molecular flexibility index (Phi) is 4.63. The Balaban J connectivity index is 1.83. The van der Waals surface area contributed by atoms with Crippen LogP contribution in [0.15, 0.2) is 24.3 Å². The lowest BCUT2D eigenvalue weighted by atomic mass is 10.0. The molecule has 1 aliphatic heterocycles. The summed E-state index contributed by atoms with van der Waals surface area (Å²) in [5.74, 6) is 0. The lowest BCUT2D eigenvalue weighted by Gasteiger charge is -2.31. The average molecular weight is 264 g/mol. The highest BCUT2D eigenvalue weighted by molar-refractivity contribution is 5.65. The van der Waals surface area contributed by atoms with Crippen LogP contribution < -0.4 is 5.32 Å². The molecule has 2 rings (SSSR count). The molecule has 0 saturated carbocycles. The fourth-order valence-electron chi connectivity index (χ4n) is 2.35. The highest BCUT2D eigenvalue weighted by Gasteiger charge is 2.21. The highest BCUT2D eigenvalue weighted by atomic mass is 16.4. The molecule has 1 heterocycles. The summed E-state index contributed by atoms with van der Waals surface area (Å²) in [6.07, 6.45) is 1.53. The number of likely N-dealkylation sites (tertiary alicyclic amines) is 1. The number of carboxylic acid groups (broad SMARTS) is 1. The quantitative estimate of drug-likeness (QED) is 0.775. The van der Waals surface area contributed by atoms with Gasteiger partial charge in [-0.3, -0.25) is 0 Å². The summed E-state index contributed by atoms with van der Waals surface area (Å²) >= 11 is 0. The molecule has 1 fully saturated rings. The van der Waals surface area contributed by atoms with E-state index < -0.39 is 6.09 Å². The molecule has 1 aliphatic rings. The molecule has 1 saturated heterocycles. The maximum absolute atomic E-state index is 10.8. The first-order chi connectivity index (χ1) is 9.19. The number of nitrogens with one attached hydrogen (secondary N) is 1. The number of hydrogen-bond acceptors (Lipinski definition) is 3. The van der Waals surface area contributed by atoms with Crippen LogP contribution in [0.25, 0.3) is 0 Å². The number of rotatable bonds is 4. The summed E-state index contributed by atoms with van der Waals surface area (Å²) in [7, 11) is 0. The predicted octanol–water partition coefficient (Wildman–Crippen LogP) is 1.78. The third kappa shape index (κ3) is 3.86. The predicted molar refractivity (Wildman–Crippen MR) is 73.5 cm³/mol. The van der Waals surface area contributed by atoms with Gasteiger partial charge in [0.15, 0.2) is 0 Å². The van der Waals surface area contributed by atoms with E-state index in [4.69, 9.17) is 10.2 Å². The molecular weight excluding hydrogens is 244 g/mol. The van der Waals surface area contributed by atoms with Crippen LogP contribution in [0.4, 0.5) is 10.5 Å². The molecule has 19 heavy (non-hydrogen) atoms. The van der Waals surface area contributed by atoms with Crippen molar-refractivity contribution in [2.45, 2.75) is 25.3 Å². The Morgan fingerprint density at radius 1 is 1.26 bits per heavy atom. The van der Waals surface area contributed by atoms with Gasteiger partial charge in [0.2, 0.25) is 0 Å². The Morgan fingerprint density at radius 3 is 2.42 bits per heavy atom. The molecule has 3 N–H and O–H groups in total. The van der Waals surface area contributed by atoms with Crippen molar-refractivity contribution in [3.8, 4) is 0 Å². The summed E-state index contributed by atoms with van der Waals surface area (Å²) in [5.41, 5.74) is 2.17. The summed E-state index contributed by atoms with van der Waals surface area (Å²) in [5, 5.41) is 21.2. The Labute approximate surface area is 112 Å². The molecule has 5 heteroatoms. The van der Waals surface area contributed by atoms with Crippen LogP contribution in [0.5, 0.6) is 0 Å². The van der Waals surface area contributed by atoms with Gasteiger partial charge in [-0.2, -0.15) is 0 Å². The zero-order valence-electron chi connectivity index (χ0n) is 10.9. The van der Waals surface area contributed by atoms with Gasteiger partial charge in [-0.1, -0.05) is 12.1 Å². The van der Waals surface area contributed by atoms with E-state index in [9.17, 15) is 4.79 Å². The van der Waals surface area contributed by atoms with Crippen LogP contribution in [0.3, 0.4) is 0 Å². The molecule has 0 aromatic heterocycles. The third-order valence-corrected chi connectivity index (χ3v) is 3.49. The summed E-state index contributed by atoms with van der Waals surface area (Å²) in [6.45, 7) is 1.35. The van der Waals surface area contributed by atoms with Crippen LogP contribution in [-0.4, -0.2) is 46.9 Å². The van der Waals surface area contributed by atoms with Crippen molar-refractivity contribution in [3.63, 3.8) is 0 Å². The number of aliphatic hydroxyl groups is 1. The third-order valence-electron chi connectivity index (χ3n) is 3.49. The monoisotopic (exact) mass is 264 g/mol. The van der Waals surface area contributed by atoms with Crippen LogP contribution in [0.1, 0.15) is 18.4 Å². The second kappa shape index (κ2) is 6.43. The molecule has 5 nitrogen and oxygen atoms in total. The molecule has 0 atom stereocenters. The zero-order chi connectivity index (χ0) is 13.7. The van der Waals surface area contributed by atoms with Crippen molar-refractivity contribution < 1.29 is 15.0 Å². The normalized spacial score (nSPS) is 16.4. The van der Waals surface area contributed by atoms with E-state index in [0.717, 1.165) is 24.1 Å². The van der Waals surface area contributed by atoms with Crippen molar-refractivity contribution in [1.82, 2.24) is 4.90 Å². The number of carbonyl (C=O) groups is 1. The van der Waals surface area contributed by atoms with Gasteiger partial charge in [0.25, 0.3) is 0 Å². The van der Waals surface area contributed by atoms with Crippen LogP contribution >= 0.6 is 0 Å². The van der Waals surface area contributed by atoms with Gasteiger partial charge in [0.05, 0.1) is 0 Å². The number of nitrogens with zero attached hydrogens (tertiary/aromatic N) is 1. The number of amides is 1. The highest BCUT2D eigenvalue weighted by Crippen LogP contribution is 2.17. The average Bonchev–Trinajstić information content (AvgIpc) is 2.42. The smallest absolute Gasteiger partial charge is 0.407 e. The molecule has 104 valence electrons. The molecule has 1 aromatic rings. The number of aliphatic hydroxyl groups excluding tert-OH is 1. The fourth-order valence-corrected chi connectivity index (χ4v) is 2.35. The van der Waals surface area contributed by atoms with Crippen molar-refractivity contribution >= 4 is 11.8 Å². The molecule has 0 bridgehead atoms. The number of anilines is 1. The van der Waals surface area contributed by atoms with Crippen molar-refractivity contribution in [2.24, 2.45) is 0 Å². The maximum Gasteiger partial charge on any atom is 0.407 e. The fraction of sp³-hybridized carbons (Fsp3) is 0.500. The van der Waals surface area contributed by atoms with Gasteiger partial charge >= 0.3 is 6.09 Å². The SMILES string of the molecule is O=C(O)N1CCC(Nc2ccc(CCO)cc2)CC1. The number of piperidine rings is 1. The van der Waals surface area contributed by atoms with E-state index in [0.29, 0.717) is 25.6 Å². The molecule has 1 amide bonds. The standard InChI is InChI=1S/C14H20N2O3/c17-10-7-11-1-3-12(4-2-11)15-13-5-8-16(9-6-13)14(18)19/h1-4,13,15,17H,5-10H2,(H,18,19). The first-order valence-corrected chi connectivity index (χ1v) is 6.63. The van der Waals surface area contributed by atoms with Gasteiger partial charge in [0, 0.05) is 31.4 Å². The van der Waals surface area contributed by atoms with Crippen molar-refractivity contribution in [1.29, 1.82) is 0 Å². The van der Waals surface area contributed by atoms with Gasteiger partial charge in [-0.05, 0) is 37.0 Å². The Bertz CT molecular complexity index is 411. The van der Waals surface area contributed by atoms with E-state index in [2.05, 4.69) is 5.32 Å². The van der Waals surface area contributed by atoms with Gasteiger partial charge in [-0.25, -0.2) is 4.79 Å². The van der Waals surface area contributed by atoms with Crippen LogP contribution in [0, 0.1) is 0 Å². The second-order valence-electron chi connectivity index (χ2n) is 4.86. The zero-order valence-corrected chi connectivity index (χ0v) is 10.9. The minimum atomic E-state index is -0.827. The molecule has 0 radical (unpaired) electrons. The molecule has 1 aromatic carbocycles. The first-order valence-electron chi connectivity index (χ1n) is 6.63. The molecule has 0 aliphatic carbocycles. The Hall–Kier alpha value is -1.75. The molecule has 0 unspecified atom stereocenters. The number of benzene rings is 1. The summed E-state index contributed by atoms with van der Waals surface area (Å²) in [6, 6.07) is 8.36. The van der Waals surface area contributed by atoms with E-state index in [1.165, 1.54) is 4.90 Å². The van der Waals surface area contributed by atoms with Gasteiger partial charge in [-0.15, -0.1) is 0 Å². The van der Waals surface area contributed by atoms with Gasteiger partial charge in [0.1, 0.15) is 0 Å². The van der Waals surface area contributed by atoms with Crippen LogP contribution in [-0.2, 0) is 6.42 Å². The van der Waals surface area contributed by atoms with Crippen molar-refractivity contribution in [2.75, 3.05) is 25.0 Å². The first kappa shape index (κ1) is 13.7. The van der Waals surface area contributed by atoms with Gasteiger partial charge < -0.3 is 20.4 Å². The van der Waals surface area contributed by atoms with Crippen molar-refractivity contribution in [3.05, 3.63) is 29.8 Å². The van der Waals surface area contributed by atoms with E-state index in [1.807, 2.05) is 24.3 Å². The topological polar surface area (TPSA) is 72.8 Å². The lowest BCUT2D eigenvalue weighted by molar-refractivity contribution is 0.134. The molecule has 0 spiro atoms. The summed E-state index contributed by atoms with van der Waals surface area (Å²) in [4.78, 5) is 12.3. The minimum Gasteiger partial charge on any atom is -0.465 e. The Morgan fingerprint density at radius 2 is 1.89 bits per heavy atom. The van der Waals surface area contributed by atoms with E-state index in [-0.39, 0.29) is 6.61 Å². The van der Waals surface area contributed by atoms with E-state index in [1.54, 1.807) is 0 Å². The second-order valence-corrected chi connectivity index (χ2v) is 4.86. The lowest BCUT2D eigenvalue weighted by Crippen LogP contribution is -2.41. The number of hydrogen-bond donors (Lipinski definition) is 3. The van der Waals surface area contributed by atoms with Crippen LogP contribution in [0.2, 0.25) is 0 Å². The maximum atomic E-state index is 10.8.